The summed E-state index contributed by atoms with van der Waals surface area (Å²) in [6.07, 6.45) is 2.30. The van der Waals surface area contributed by atoms with Gasteiger partial charge in [-0.2, -0.15) is 0 Å². The molecule has 0 fully saturated rings. The van der Waals surface area contributed by atoms with E-state index in [9.17, 15) is 0 Å². The number of benzene rings is 2. The maximum absolute atomic E-state index is 5.81. The van der Waals surface area contributed by atoms with Crippen LogP contribution in [-0.2, 0) is 13.0 Å². The van der Waals surface area contributed by atoms with Gasteiger partial charge in [0.15, 0.2) is 0 Å². The first kappa shape index (κ1) is 16.1. The number of aryl methyl sites for hydroxylation is 1. The molecule has 112 valence electrons. The Bertz CT molecular complexity index is 534. The van der Waals surface area contributed by atoms with E-state index < -0.39 is 0 Å². The summed E-state index contributed by atoms with van der Waals surface area (Å²) in [7, 11) is 4.22. The number of hydrogen-bond donors (Lipinski definition) is 0. The summed E-state index contributed by atoms with van der Waals surface area (Å²) in [5, 5.41) is 0. The minimum Gasteiger partial charge on any atom is -0.489 e. The van der Waals surface area contributed by atoms with Crippen molar-refractivity contribution in [1.29, 1.82) is 0 Å². The largest absolute Gasteiger partial charge is 0.489 e. The van der Waals surface area contributed by atoms with Crippen LogP contribution in [0.5, 0.6) is 5.75 Å². The van der Waals surface area contributed by atoms with E-state index in [0.29, 0.717) is 6.61 Å². The van der Waals surface area contributed by atoms with Crippen LogP contribution < -0.4 is 4.74 Å². The summed E-state index contributed by atoms with van der Waals surface area (Å²) in [6.45, 7) is 1.73. The molecule has 0 bridgehead atoms. The van der Waals surface area contributed by atoms with Gasteiger partial charge in [0.1, 0.15) is 12.4 Å². The molecule has 0 spiro atoms. The van der Waals surface area contributed by atoms with E-state index in [1.54, 1.807) is 0 Å². The van der Waals surface area contributed by atoms with Gasteiger partial charge in [-0.05, 0) is 68.9 Å². The Morgan fingerprint density at radius 2 is 1.52 bits per heavy atom. The van der Waals surface area contributed by atoms with Crippen LogP contribution in [0, 0.1) is 0 Å². The van der Waals surface area contributed by atoms with Crippen molar-refractivity contribution in [2.75, 3.05) is 20.6 Å². The van der Waals surface area contributed by atoms with Crippen molar-refractivity contribution >= 4 is 15.9 Å². The smallest absolute Gasteiger partial charge is 0.119 e. The van der Waals surface area contributed by atoms with E-state index in [4.69, 9.17) is 4.74 Å². The van der Waals surface area contributed by atoms with Crippen molar-refractivity contribution in [3.05, 3.63) is 64.1 Å². The predicted octanol–water partition coefficient (Wildman–Crippen LogP) is 4.52. The Kier molecular flexibility index (Phi) is 6.27. The van der Waals surface area contributed by atoms with Crippen LogP contribution in [-0.4, -0.2) is 25.5 Å². The SMILES string of the molecule is CN(C)CCCc1ccc(OCc2ccc(Br)cc2)cc1. The van der Waals surface area contributed by atoms with E-state index in [0.717, 1.165) is 23.2 Å². The van der Waals surface area contributed by atoms with Crippen molar-refractivity contribution in [3.63, 3.8) is 0 Å². The lowest BCUT2D eigenvalue weighted by Gasteiger charge is -2.10. The molecule has 0 saturated heterocycles. The summed E-state index contributed by atoms with van der Waals surface area (Å²) in [5.74, 6) is 0.925. The highest BCUT2D eigenvalue weighted by Crippen LogP contribution is 2.16. The van der Waals surface area contributed by atoms with E-state index in [1.165, 1.54) is 17.5 Å². The molecule has 2 rings (SSSR count). The molecule has 0 N–H and O–H groups in total. The van der Waals surface area contributed by atoms with E-state index in [1.807, 2.05) is 12.1 Å². The monoisotopic (exact) mass is 347 g/mol. The first-order valence-corrected chi connectivity index (χ1v) is 8.04. The Hall–Kier alpha value is -1.32. The maximum atomic E-state index is 5.81. The molecule has 3 heteroatoms. The average molecular weight is 348 g/mol. The molecule has 0 unspecified atom stereocenters. The number of hydrogen-bond acceptors (Lipinski definition) is 2. The van der Waals surface area contributed by atoms with Gasteiger partial charge in [0.25, 0.3) is 0 Å². The predicted molar refractivity (Wildman–Crippen MR) is 91.8 cm³/mol. The minimum atomic E-state index is 0.604. The maximum Gasteiger partial charge on any atom is 0.119 e. The molecule has 0 aliphatic carbocycles. The Balaban J connectivity index is 1.80. The third-order valence-corrected chi connectivity index (χ3v) is 3.84. The molecule has 2 aromatic rings. The number of nitrogens with zero attached hydrogens (tertiary/aromatic N) is 1. The van der Waals surface area contributed by atoms with E-state index >= 15 is 0 Å². The summed E-state index contributed by atoms with van der Waals surface area (Å²) in [6, 6.07) is 16.6. The molecule has 0 amide bonds. The summed E-state index contributed by atoms with van der Waals surface area (Å²) in [4.78, 5) is 2.22. The van der Waals surface area contributed by atoms with Crippen LogP contribution in [0.2, 0.25) is 0 Å². The van der Waals surface area contributed by atoms with Crippen LogP contribution in [0.3, 0.4) is 0 Å². The second kappa shape index (κ2) is 8.20. The highest BCUT2D eigenvalue weighted by molar-refractivity contribution is 9.10. The van der Waals surface area contributed by atoms with Crippen molar-refractivity contribution in [2.24, 2.45) is 0 Å². The summed E-state index contributed by atoms with van der Waals surface area (Å²) < 4.78 is 6.90. The molecular weight excluding hydrogens is 326 g/mol. The summed E-state index contributed by atoms with van der Waals surface area (Å²) >= 11 is 3.44. The van der Waals surface area contributed by atoms with Crippen LogP contribution in [0.1, 0.15) is 17.5 Å². The van der Waals surface area contributed by atoms with Gasteiger partial charge in [-0.3, -0.25) is 0 Å². The van der Waals surface area contributed by atoms with Gasteiger partial charge in [0.2, 0.25) is 0 Å². The fourth-order valence-electron chi connectivity index (χ4n) is 2.10. The van der Waals surface area contributed by atoms with Gasteiger partial charge in [-0.1, -0.05) is 40.2 Å². The first-order chi connectivity index (χ1) is 10.1. The van der Waals surface area contributed by atoms with Crippen LogP contribution in [0.4, 0.5) is 0 Å². The Morgan fingerprint density at radius 1 is 0.905 bits per heavy atom. The van der Waals surface area contributed by atoms with Gasteiger partial charge in [0, 0.05) is 4.47 Å². The normalized spacial score (nSPS) is 10.9. The molecular formula is C18H22BrNO. The zero-order valence-corrected chi connectivity index (χ0v) is 14.3. The number of rotatable bonds is 7. The second-order valence-electron chi connectivity index (χ2n) is 5.47. The molecule has 0 aliphatic heterocycles. The zero-order valence-electron chi connectivity index (χ0n) is 12.7. The van der Waals surface area contributed by atoms with Crippen LogP contribution >= 0.6 is 15.9 Å². The van der Waals surface area contributed by atoms with Crippen LogP contribution in [0.25, 0.3) is 0 Å². The van der Waals surface area contributed by atoms with Gasteiger partial charge < -0.3 is 9.64 Å². The van der Waals surface area contributed by atoms with Gasteiger partial charge in [0.05, 0.1) is 0 Å². The zero-order chi connectivity index (χ0) is 15.1. The lowest BCUT2D eigenvalue weighted by Crippen LogP contribution is -2.13. The summed E-state index contributed by atoms with van der Waals surface area (Å²) in [5.41, 5.74) is 2.54. The highest BCUT2D eigenvalue weighted by Gasteiger charge is 1.98. The third kappa shape index (κ3) is 5.90. The van der Waals surface area contributed by atoms with Crippen molar-refractivity contribution in [3.8, 4) is 5.75 Å². The molecule has 0 aromatic heterocycles. The van der Waals surface area contributed by atoms with Gasteiger partial charge in [-0.25, -0.2) is 0 Å². The molecule has 2 nitrogen and oxygen atoms in total. The van der Waals surface area contributed by atoms with Crippen molar-refractivity contribution in [2.45, 2.75) is 19.4 Å². The van der Waals surface area contributed by atoms with Gasteiger partial charge in [-0.15, -0.1) is 0 Å². The fraction of sp³-hybridized carbons (Fsp3) is 0.333. The average Bonchev–Trinajstić information content (AvgIpc) is 2.48. The lowest BCUT2D eigenvalue weighted by atomic mass is 10.1. The first-order valence-electron chi connectivity index (χ1n) is 7.24. The van der Waals surface area contributed by atoms with Crippen molar-refractivity contribution in [1.82, 2.24) is 4.90 Å². The lowest BCUT2D eigenvalue weighted by molar-refractivity contribution is 0.306. The minimum absolute atomic E-state index is 0.604. The highest BCUT2D eigenvalue weighted by atomic mass is 79.9. The molecule has 0 radical (unpaired) electrons. The third-order valence-electron chi connectivity index (χ3n) is 3.31. The van der Waals surface area contributed by atoms with E-state index in [-0.39, 0.29) is 0 Å². The topological polar surface area (TPSA) is 12.5 Å². The van der Waals surface area contributed by atoms with Gasteiger partial charge >= 0.3 is 0 Å². The second-order valence-corrected chi connectivity index (χ2v) is 6.38. The standard InChI is InChI=1S/C18H22BrNO/c1-20(2)13-3-4-15-7-11-18(12-8-15)21-14-16-5-9-17(19)10-6-16/h5-12H,3-4,13-14H2,1-2H3. The molecule has 0 heterocycles. The Labute approximate surface area is 135 Å². The molecule has 0 aliphatic rings. The molecule has 0 saturated carbocycles. The molecule has 21 heavy (non-hydrogen) atoms. The Morgan fingerprint density at radius 3 is 2.14 bits per heavy atom. The van der Waals surface area contributed by atoms with Crippen LogP contribution in [0.15, 0.2) is 53.0 Å². The number of halogens is 1. The fourth-order valence-corrected chi connectivity index (χ4v) is 2.36. The molecule has 2 aromatic carbocycles. The van der Waals surface area contributed by atoms with E-state index in [2.05, 4.69) is 71.3 Å². The molecule has 0 atom stereocenters. The van der Waals surface area contributed by atoms with Crippen molar-refractivity contribution < 1.29 is 4.74 Å². The quantitative estimate of drug-likeness (QED) is 0.729. The number of ether oxygens (including phenoxy) is 1.